The van der Waals surface area contributed by atoms with Crippen LogP contribution in [0.3, 0.4) is 0 Å². The second-order valence-electron chi connectivity index (χ2n) is 7.67. The minimum Gasteiger partial charge on any atom is -0.442 e. The lowest BCUT2D eigenvalue weighted by molar-refractivity contribution is -0.119. The molecule has 2 amide bonds. The van der Waals surface area contributed by atoms with Gasteiger partial charge in [-0.3, -0.25) is 14.8 Å². The number of fused-ring (bicyclic) bond motifs is 3. The maximum absolute atomic E-state index is 15.3. The molecule has 5 rings (SSSR count). The standard InChI is InChI=1S/C21H20FN5O4/c1-11(28)23-9-14-10-27(21(29)30-14)13-7-12-3-2-4-15-19(17-5-6-24-31-17)25-26-20(15)18(12)16(22)8-13/h5-8,14H,2-4,9-10H2,1H3,(H,23,28)(H,25,26)/t14-/m0/s1. The van der Waals surface area contributed by atoms with Gasteiger partial charge in [-0.2, -0.15) is 5.10 Å². The number of hydrogen-bond donors (Lipinski definition) is 2. The first kappa shape index (κ1) is 19.3. The van der Waals surface area contributed by atoms with E-state index in [9.17, 15) is 9.59 Å². The van der Waals surface area contributed by atoms with E-state index >= 15 is 4.39 Å². The van der Waals surface area contributed by atoms with Crippen molar-refractivity contribution in [3.05, 3.63) is 41.3 Å². The monoisotopic (exact) mass is 425 g/mol. The molecule has 0 bridgehead atoms. The van der Waals surface area contributed by atoms with Crippen molar-refractivity contribution in [2.45, 2.75) is 32.3 Å². The van der Waals surface area contributed by atoms with Gasteiger partial charge in [0.2, 0.25) is 5.91 Å². The third-order valence-corrected chi connectivity index (χ3v) is 5.58. The molecule has 10 heteroatoms. The summed E-state index contributed by atoms with van der Waals surface area (Å²) in [5.74, 6) is -0.103. The number of hydrogen-bond acceptors (Lipinski definition) is 6. The number of anilines is 1. The normalized spacial score (nSPS) is 17.7. The van der Waals surface area contributed by atoms with Crippen LogP contribution in [0.1, 0.15) is 24.5 Å². The maximum atomic E-state index is 15.3. The van der Waals surface area contributed by atoms with E-state index < -0.39 is 18.0 Å². The SMILES string of the molecule is CC(=O)NC[C@H]1CN(c2cc(F)c3c(c2)CCCc2c-3n[nH]c2-c2ccno2)C(=O)O1. The van der Waals surface area contributed by atoms with Crippen LogP contribution >= 0.6 is 0 Å². The first-order valence-corrected chi connectivity index (χ1v) is 10.0. The molecule has 0 unspecified atom stereocenters. The number of aromatic nitrogens is 3. The van der Waals surface area contributed by atoms with Crippen LogP contribution < -0.4 is 10.2 Å². The van der Waals surface area contributed by atoms with Gasteiger partial charge in [-0.25, -0.2) is 9.18 Å². The minimum absolute atomic E-state index is 0.204. The lowest BCUT2D eigenvalue weighted by atomic mass is 9.99. The predicted molar refractivity (Wildman–Crippen MR) is 108 cm³/mol. The minimum atomic E-state index is -0.559. The Bertz CT molecular complexity index is 1160. The number of amides is 2. The summed E-state index contributed by atoms with van der Waals surface area (Å²) in [5, 5.41) is 13.7. The number of aryl methyl sites for hydroxylation is 1. The number of carbonyl (C=O) groups is 2. The van der Waals surface area contributed by atoms with Gasteiger partial charge >= 0.3 is 6.09 Å². The molecule has 1 aliphatic heterocycles. The fourth-order valence-corrected chi connectivity index (χ4v) is 4.18. The zero-order valence-electron chi connectivity index (χ0n) is 16.8. The van der Waals surface area contributed by atoms with Gasteiger partial charge in [0.25, 0.3) is 0 Å². The van der Waals surface area contributed by atoms with Crippen LogP contribution in [-0.4, -0.2) is 46.5 Å². The first-order chi connectivity index (χ1) is 15.0. The van der Waals surface area contributed by atoms with Gasteiger partial charge in [0.05, 0.1) is 30.7 Å². The predicted octanol–water partition coefficient (Wildman–Crippen LogP) is 2.82. The molecule has 1 aromatic carbocycles. The van der Waals surface area contributed by atoms with Gasteiger partial charge in [0.1, 0.15) is 17.6 Å². The molecule has 0 saturated carbocycles. The molecule has 1 atom stereocenters. The van der Waals surface area contributed by atoms with Crippen molar-refractivity contribution in [2.75, 3.05) is 18.0 Å². The van der Waals surface area contributed by atoms with Crippen LogP contribution in [0, 0.1) is 5.82 Å². The third-order valence-electron chi connectivity index (χ3n) is 5.58. The number of rotatable bonds is 4. The van der Waals surface area contributed by atoms with E-state index in [0.717, 1.165) is 17.5 Å². The molecule has 9 nitrogen and oxygen atoms in total. The molecule has 2 N–H and O–H groups in total. The van der Waals surface area contributed by atoms with E-state index in [1.807, 2.05) is 6.07 Å². The molecule has 2 aliphatic rings. The number of cyclic esters (lactones) is 1. The summed E-state index contributed by atoms with van der Waals surface area (Å²) >= 11 is 0. The van der Waals surface area contributed by atoms with Crippen LogP contribution in [-0.2, 0) is 22.4 Å². The molecule has 2 aromatic heterocycles. The Morgan fingerprint density at radius 1 is 1.39 bits per heavy atom. The third kappa shape index (κ3) is 3.43. The molecule has 31 heavy (non-hydrogen) atoms. The van der Waals surface area contributed by atoms with Gasteiger partial charge in [-0.15, -0.1) is 0 Å². The molecule has 0 spiro atoms. The quantitative estimate of drug-likeness (QED) is 0.665. The molecule has 0 radical (unpaired) electrons. The molecule has 3 aromatic rings. The fourth-order valence-electron chi connectivity index (χ4n) is 4.18. The number of halogens is 1. The van der Waals surface area contributed by atoms with Crippen LogP contribution in [0.15, 0.2) is 28.9 Å². The van der Waals surface area contributed by atoms with Crippen molar-refractivity contribution in [3.8, 4) is 22.7 Å². The molecule has 1 saturated heterocycles. The van der Waals surface area contributed by atoms with Crippen LogP contribution in [0.4, 0.5) is 14.9 Å². The second kappa shape index (κ2) is 7.53. The van der Waals surface area contributed by atoms with Gasteiger partial charge in [0.15, 0.2) is 5.76 Å². The van der Waals surface area contributed by atoms with Crippen LogP contribution in [0.25, 0.3) is 22.7 Å². The summed E-state index contributed by atoms with van der Waals surface area (Å²) in [5.41, 5.74) is 3.78. The van der Waals surface area contributed by atoms with Crippen molar-refractivity contribution in [1.82, 2.24) is 20.7 Å². The van der Waals surface area contributed by atoms with Gasteiger partial charge in [0, 0.05) is 24.1 Å². The highest BCUT2D eigenvalue weighted by molar-refractivity contribution is 5.91. The number of aromatic amines is 1. The van der Waals surface area contributed by atoms with Crippen molar-refractivity contribution in [2.24, 2.45) is 0 Å². The topological polar surface area (TPSA) is 113 Å². The zero-order chi connectivity index (χ0) is 21.5. The average Bonchev–Trinajstić information content (AvgIpc) is 3.44. The van der Waals surface area contributed by atoms with E-state index in [1.165, 1.54) is 17.9 Å². The Hall–Kier alpha value is -3.69. The van der Waals surface area contributed by atoms with Gasteiger partial charge < -0.3 is 14.6 Å². The summed E-state index contributed by atoms with van der Waals surface area (Å²) in [6.07, 6.45) is 2.64. The Morgan fingerprint density at radius 2 is 2.26 bits per heavy atom. The van der Waals surface area contributed by atoms with Crippen molar-refractivity contribution in [1.29, 1.82) is 0 Å². The summed E-state index contributed by atoms with van der Waals surface area (Å²) in [6, 6.07) is 4.88. The first-order valence-electron chi connectivity index (χ1n) is 10.0. The van der Waals surface area contributed by atoms with E-state index in [1.54, 1.807) is 12.3 Å². The smallest absolute Gasteiger partial charge is 0.414 e. The molecule has 160 valence electrons. The average molecular weight is 425 g/mol. The number of carbonyl (C=O) groups excluding carboxylic acids is 2. The van der Waals surface area contributed by atoms with Crippen molar-refractivity contribution in [3.63, 3.8) is 0 Å². The van der Waals surface area contributed by atoms with E-state index in [4.69, 9.17) is 9.26 Å². The summed E-state index contributed by atoms with van der Waals surface area (Å²) in [6.45, 7) is 1.85. The van der Waals surface area contributed by atoms with Crippen molar-refractivity contribution < 1.29 is 23.2 Å². The Labute approximate surface area is 176 Å². The Balaban J connectivity index is 1.48. The number of nitrogens with one attached hydrogen (secondary N) is 2. The number of benzene rings is 1. The largest absolute Gasteiger partial charge is 0.442 e. The Morgan fingerprint density at radius 3 is 3.03 bits per heavy atom. The van der Waals surface area contributed by atoms with E-state index in [2.05, 4.69) is 20.7 Å². The highest BCUT2D eigenvalue weighted by Gasteiger charge is 2.34. The molecule has 1 aliphatic carbocycles. The van der Waals surface area contributed by atoms with E-state index in [0.29, 0.717) is 41.2 Å². The number of ether oxygens (including phenoxy) is 1. The highest BCUT2D eigenvalue weighted by atomic mass is 19.1. The van der Waals surface area contributed by atoms with Crippen molar-refractivity contribution >= 4 is 17.7 Å². The van der Waals surface area contributed by atoms with Crippen LogP contribution in [0.2, 0.25) is 0 Å². The number of nitrogens with zero attached hydrogens (tertiary/aromatic N) is 3. The lowest BCUT2D eigenvalue weighted by Crippen LogP contribution is -2.33. The maximum Gasteiger partial charge on any atom is 0.414 e. The summed E-state index contributed by atoms with van der Waals surface area (Å²) in [4.78, 5) is 24.9. The summed E-state index contributed by atoms with van der Waals surface area (Å²) in [7, 11) is 0. The second-order valence-corrected chi connectivity index (χ2v) is 7.67. The molecule has 1 fully saturated rings. The molecular weight excluding hydrogens is 405 g/mol. The molecular formula is C21H20FN5O4. The summed E-state index contributed by atoms with van der Waals surface area (Å²) < 4.78 is 25.9. The van der Waals surface area contributed by atoms with E-state index in [-0.39, 0.29) is 19.0 Å². The number of H-pyrrole nitrogens is 1. The van der Waals surface area contributed by atoms with Gasteiger partial charge in [-0.1, -0.05) is 5.16 Å². The Kier molecular flexibility index (Phi) is 4.68. The molecule has 3 heterocycles. The lowest BCUT2D eigenvalue weighted by Gasteiger charge is -2.17. The fraction of sp³-hybridized carbons (Fsp3) is 0.333. The highest BCUT2D eigenvalue weighted by Crippen LogP contribution is 2.39. The van der Waals surface area contributed by atoms with Gasteiger partial charge in [-0.05, 0) is 37.0 Å². The van der Waals surface area contributed by atoms with Crippen LogP contribution in [0.5, 0.6) is 0 Å². The zero-order valence-corrected chi connectivity index (χ0v) is 16.8.